The summed E-state index contributed by atoms with van der Waals surface area (Å²) in [4.78, 5) is 24.1. The number of likely N-dealkylation sites (tertiary alicyclic amines) is 1. The molecule has 1 amide bonds. The minimum absolute atomic E-state index is 0.000139. The lowest BCUT2D eigenvalue weighted by Crippen LogP contribution is -2.48. The van der Waals surface area contributed by atoms with E-state index in [1.807, 2.05) is 0 Å². The molecule has 0 aromatic heterocycles. The second-order valence-electron chi connectivity index (χ2n) is 5.38. The van der Waals surface area contributed by atoms with Crippen LogP contribution in [-0.2, 0) is 9.53 Å². The Morgan fingerprint density at radius 3 is 2.44 bits per heavy atom. The fourth-order valence-corrected chi connectivity index (χ4v) is 2.60. The molecule has 2 unspecified atom stereocenters. The van der Waals surface area contributed by atoms with Gasteiger partial charge < -0.3 is 9.64 Å². The highest BCUT2D eigenvalue weighted by Crippen LogP contribution is 2.27. The number of rotatable bonds is 1. The SMILES string of the molecule is CC(=O)SC1CCN(C(=O)OC(C)(C)C)CC1F. The van der Waals surface area contributed by atoms with E-state index in [9.17, 15) is 14.0 Å². The third-order valence-corrected chi connectivity index (χ3v) is 3.62. The predicted octanol–water partition coefficient (Wildman–Crippen LogP) is 2.61. The van der Waals surface area contributed by atoms with Crippen molar-refractivity contribution in [2.45, 2.75) is 51.1 Å². The third-order valence-electron chi connectivity index (χ3n) is 2.45. The smallest absolute Gasteiger partial charge is 0.410 e. The number of halogens is 1. The van der Waals surface area contributed by atoms with Crippen LogP contribution >= 0.6 is 11.8 Å². The molecule has 0 aromatic rings. The molecule has 0 aromatic carbocycles. The molecule has 0 radical (unpaired) electrons. The number of hydrogen-bond donors (Lipinski definition) is 0. The number of nitrogens with zero attached hydrogens (tertiary/aromatic N) is 1. The number of hydrogen-bond acceptors (Lipinski definition) is 4. The summed E-state index contributed by atoms with van der Waals surface area (Å²) in [6, 6.07) is 0. The van der Waals surface area contributed by atoms with E-state index in [1.54, 1.807) is 20.8 Å². The highest BCUT2D eigenvalue weighted by atomic mass is 32.2. The molecule has 104 valence electrons. The number of piperidine rings is 1. The van der Waals surface area contributed by atoms with Crippen molar-refractivity contribution >= 4 is 23.0 Å². The average Bonchev–Trinajstić information content (AvgIpc) is 2.17. The van der Waals surface area contributed by atoms with Crippen LogP contribution in [0.2, 0.25) is 0 Å². The van der Waals surface area contributed by atoms with Gasteiger partial charge in [0.25, 0.3) is 0 Å². The Morgan fingerprint density at radius 1 is 1.39 bits per heavy atom. The van der Waals surface area contributed by atoms with Crippen molar-refractivity contribution in [1.29, 1.82) is 0 Å². The van der Waals surface area contributed by atoms with Crippen LogP contribution in [0.5, 0.6) is 0 Å². The average molecular weight is 277 g/mol. The zero-order chi connectivity index (χ0) is 13.9. The molecule has 18 heavy (non-hydrogen) atoms. The number of alkyl halides is 1. The predicted molar refractivity (Wildman–Crippen MR) is 69.4 cm³/mol. The van der Waals surface area contributed by atoms with Crippen molar-refractivity contribution in [2.24, 2.45) is 0 Å². The molecule has 0 N–H and O–H groups in total. The molecule has 0 aliphatic carbocycles. The quantitative estimate of drug-likeness (QED) is 0.739. The van der Waals surface area contributed by atoms with Crippen LogP contribution in [0.25, 0.3) is 0 Å². The van der Waals surface area contributed by atoms with Crippen molar-refractivity contribution in [1.82, 2.24) is 4.90 Å². The Hall–Kier alpha value is -0.780. The molecule has 1 aliphatic heterocycles. The Morgan fingerprint density at radius 2 is 2.00 bits per heavy atom. The van der Waals surface area contributed by atoms with Gasteiger partial charge in [-0.25, -0.2) is 9.18 Å². The standard InChI is InChI=1S/C12H20FNO3S/c1-8(15)18-10-5-6-14(7-9(10)13)11(16)17-12(2,3)4/h9-10H,5-7H2,1-4H3. The van der Waals surface area contributed by atoms with Gasteiger partial charge >= 0.3 is 6.09 Å². The monoisotopic (exact) mass is 277 g/mol. The molecular formula is C12H20FNO3S. The zero-order valence-corrected chi connectivity index (χ0v) is 12.1. The van der Waals surface area contributed by atoms with Gasteiger partial charge in [-0.2, -0.15) is 0 Å². The first-order chi connectivity index (χ1) is 8.19. The van der Waals surface area contributed by atoms with Crippen molar-refractivity contribution in [3.63, 3.8) is 0 Å². The van der Waals surface area contributed by atoms with E-state index in [-0.39, 0.29) is 16.9 Å². The molecule has 2 atom stereocenters. The van der Waals surface area contributed by atoms with Crippen LogP contribution in [0, 0.1) is 0 Å². The summed E-state index contributed by atoms with van der Waals surface area (Å²) in [7, 11) is 0. The van der Waals surface area contributed by atoms with E-state index in [0.29, 0.717) is 13.0 Å². The van der Waals surface area contributed by atoms with Crippen LogP contribution in [0.3, 0.4) is 0 Å². The molecule has 1 heterocycles. The molecule has 4 nitrogen and oxygen atoms in total. The molecule has 1 aliphatic rings. The lowest BCUT2D eigenvalue weighted by Gasteiger charge is -2.34. The molecule has 0 spiro atoms. The summed E-state index contributed by atoms with van der Waals surface area (Å²) in [6.07, 6.45) is -1.19. The number of amides is 1. The largest absolute Gasteiger partial charge is 0.444 e. The number of ether oxygens (including phenoxy) is 1. The number of thioether (sulfide) groups is 1. The van der Waals surface area contributed by atoms with Gasteiger partial charge in [-0.1, -0.05) is 11.8 Å². The molecule has 1 fully saturated rings. The van der Waals surface area contributed by atoms with Crippen molar-refractivity contribution in [3.05, 3.63) is 0 Å². The van der Waals surface area contributed by atoms with Crippen LogP contribution in [0.4, 0.5) is 9.18 Å². The summed E-state index contributed by atoms with van der Waals surface area (Å²) in [6.45, 7) is 7.18. The second-order valence-corrected chi connectivity index (χ2v) is 6.80. The van der Waals surface area contributed by atoms with E-state index >= 15 is 0 Å². The molecule has 0 bridgehead atoms. The minimum Gasteiger partial charge on any atom is -0.444 e. The van der Waals surface area contributed by atoms with Crippen LogP contribution in [0.15, 0.2) is 0 Å². The van der Waals surface area contributed by atoms with E-state index in [1.165, 1.54) is 11.8 Å². The van der Waals surface area contributed by atoms with E-state index in [0.717, 1.165) is 11.8 Å². The Bertz CT molecular complexity index is 330. The highest BCUT2D eigenvalue weighted by Gasteiger charge is 2.34. The first kappa shape index (κ1) is 15.3. The van der Waals surface area contributed by atoms with Gasteiger partial charge in [-0.15, -0.1) is 0 Å². The van der Waals surface area contributed by atoms with Gasteiger partial charge in [0.05, 0.1) is 6.54 Å². The van der Waals surface area contributed by atoms with Crippen LogP contribution in [0.1, 0.15) is 34.1 Å². The van der Waals surface area contributed by atoms with Gasteiger partial charge in [-0.05, 0) is 27.2 Å². The molecule has 1 saturated heterocycles. The van der Waals surface area contributed by atoms with Gasteiger partial charge in [0, 0.05) is 18.7 Å². The molecular weight excluding hydrogens is 257 g/mol. The summed E-state index contributed by atoms with van der Waals surface area (Å²) in [5.74, 6) is 0. The lowest BCUT2D eigenvalue weighted by molar-refractivity contribution is -0.109. The van der Waals surface area contributed by atoms with Gasteiger partial charge in [0.2, 0.25) is 0 Å². The van der Waals surface area contributed by atoms with Gasteiger partial charge in [0.15, 0.2) is 5.12 Å². The number of carbonyl (C=O) groups excluding carboxylic acids is 2. The summed E-state index contributed by atoms with van der Waals surface area (Å²) in [5, 5.41) is -0.436. The Kier molecular flexibility index (Phi) is 5.01. The van der Waals surface area contributed by atoms with Crippen molar-refractivity contribution in [3.8, 4) is 0 Å². The van der Waals surface area contributed by atoms with Gasteiger partial charge in [-0.3, -0.25) is 4.79 Å². The van der Waals surface area contributed by atoms with Crippen molar-refractivity contribution in [2.75, 3.05) is 13.1 Å². The summed E-state index contributed by atoms with van der Waals surface area (Å²) in [5.41, 5.74) is -0.576. The first-order valence-corrected chi connectivity index (χ1v) is 6.86. The highest BCUT2D eigenvalue weighted by molar-refractivity contribution is 8.14. The fraction of sp³-hybridized carbons (Fsp3) is 0.833. The summed E-state index contributed by atoms with van der Waals surface area (Å²) >= 11 is 1.02. The molecule has 6 heteroatoms. The minimum atomic E-state index is -1.18. The molecule has 1 rings (SSSR count). The Balaban J connectivity index is 2.50. The van der Waals surface area contributed by atoms with E-state index < -0.39 is 17.9 Å². The fourth-order valence-electron chi connectivity index (χ4n) is 1.72. The third kappa shape index (κ3) is 4.84. The zero-order valence-electron chi connectivity index (χ0n) is 11.2. The first-order valence-electron chi connectivity index (χ1n) is 5.98. The maximum absolute atomic E-state index is 13.8. The molecule has 0 saturated carbocycles. The normalized spacial score (nSPS) is 24.8. The maximum Gasteiger partial charge on any atom is 0.410 e. The number of carbonyl (C=O) groups is 2. The van der Waals surface area contributed by atoms with E-state index in [4.69, 9.17) is 4.74 Å². The summed E-state index contributed by atoms with van der Waals surface area (Å²) < 4.78 is 19.0. The topological polar surface area (TPSA) is 46.6 Å². The van der Waals surface area contributed by atoms with Crippen LogP contribution < -0.4 is 0 Å². The second kappa shape index (κ2) is 5.91. The maximum atomic E-state index is 13.8. The lowest BCUT2D eigenvalue weighted by atomic mass is 10.1. The van der Waals surface area contributed by atoms with Crippen LogP contribution in [-0.4, -0.2) is 46.2 Å². The van der Waals surface area contributed by atoms with Gasteiger partial charge in [0.1, 0.15) is 11.8 Å². The van der Waals surface area contributed by atoms with Crippen molar-refractivity contribution < 1.29 is 18.7 Å². The van der Waals surface area contributed by atoms with E-state index in [2.05, 4.69) is 0 Å². The Labute approximate surface area is 111 Å².